The summed E-state index contributed by atoms with van der Waals surface area (Å²) >= 11 is 6.32. The summed E-state index contributed by atoms with van der Waals surface area (Å²) in [4.78, 5) is 12.1. The van der Waals surface area contributed by atoms with Crippen molar-refractivity contribution in [1.29, 1.82) is 0 Å². The average Bonchev–Trinajstić information content (AvgIpc) is 2.46. The van der Waals surface area contributed by atoms with Crippen LogP contribution in [0.25, 0.3) is 0 Å². The number of methoxy groups -OCH3 is 1. The van der Waals surface area contributed by atoms with Crippen molar-refractivity contribution in [3.8, 4) is 5.75 Å². The Morgan fingerprint density at radius 1 is 1.23 bits per heavy atom. The van der Waals surface area contributed by atoms with Crippen LogP contribution < -0.4 is 4.74 Å². The van der Waals surface area contributed by atoms with Crippen LogP contribution >= 0.6 is 11.6 Å². The van der Waals surface area contributed by atoms with Gasteiger partial charge >= 0.3 is 5.97 Å². The molecule has 22 heavy (non-hydrogen) atoms. The van der Waals surface area contributed by atoms with Crippen molar-refractivity contribution in [2.45, 2.75) is 63.7 Å². The van der Waals surface area contributed by atoms with Gasteiger partial charge in [-0.25, -0.2) is 0 Å². The molecule has 2 rings (SSSR count). The fourth-order valence-electron chi connectivity index (χ4n) is 3.48. The smallest absolute Gasteiger partial charge is 0.314 e. The molecule has 0 spiro atoms. The molecule has 1 aromatic rings. The number of carbonyl (C=O) groups is 1. The number of carboxylic acid groups (broad SMARTS) is 1. The minimum Gasteiger partial charge on any atom is -0.496 e. The first-order chi connectivity index (χ1) is 10.2. The summed E-state index contributed by atoms with van der Waals surface area (Å²) in [5, 5.41) is 10.5. The molecule has 0 amide bonds. The van der Waals surface area contributed by atoms with E-state index in [0.29, 0.717) is 23.6 Å². The lowest BCUT2D eigenvalue weighted by Gasteiger charge is -2.36. The largest absolute Gasteiger partial charge is 0.496 e. The molecule has 0 saturated heterocycles. The molecule has 0 aromatic heterocycles. The van der Waals surface area contributed by atoms with Crippen LogP contribution in [0.3, 0.4) is 0 Å². The standard InChI is InChI=1S/C18H25ClO3/c1-17(2,3)13-10-12(19)11-14(15(13)22-4)18(16(20)21)8-6-5-7-9-18/h10-11H,5-9H2,1-4H3,(H,20,21). The van der Waals surface area contributed by atoms with Gasteiger partial charge in [0, 0.05) is 16.1 Å². The Morgan fingerprint density at radius 2 is 1.82 bits per heavy atom. The molecule has 1 aliphatic carbocycles. The van der Waals surface area contributed by atoms with E-state index in [1.165, 1.54) is 0 Å². The van der Waals surface area contributed by atoms with E-state index in [2.05, 4.69) is 20.8 Å². The van der Waals surface area contributed by atoms with Gasteiger partial charge in [-0.15, -0.1) is 0 Å². The first-order valence-electron chi connectivity index (χ1n) is 7.84. The number of aliphatic carboxylic acids is 1. The number of ether oxygens (including phenoxy) is 1. The summed E-state index contributed by atoms with van der Waals surface area (Å²) < 4.78 is 5.66. The summed E-state index contributed by atoms with van der Waals surface area (Å²) in [5.74, 6) is -0.0891. The molecular weight excluding hydrogens is 300 g/mol. The second-order valence-corrected chi connectivity index (χ2v) is 7.67. The molecule has 0 aliphatic heterocycles. The van der Waals surface area contributed by atoms with Crippen LogP contribution in [0.5, 0.6) is 5.75 Å². The van der Waals surface area contributed by atoms with E-state index in [0.717, 1.165) is 30.4 Å². The number of carboxylic acids is 1. The Hall–Kier alpha value is -1.22. The van der Waals surface area contributed by atoms with Crippen molar-refractivity contribution in [3.05, 3.63) is 28.3 Å². The van der Waals surface area contributed by atoms with E-state index in [1.54, 1.807) is 13.2 Å². The Labute approximate surface area is 137 Å². The molecule has 0 bridgehead atoms. The molecule has 0 heterocycles. The van der Waals surface area contributed by atoms with Crippen molar-refractivity contribution >= 4 is 17.6 Å². The fourth-order valence-corrected chi connectivity index (χ4v) is 3.70. The first-order valence-corrected chi connectivity index (χ1v) is 8.22. The van der Waals surface area contributed by atoms with Gasteiger partial charge in [0.1, 0.15) is 5.75 Å². The third-order valence-electron chi connectivity index (χ3n) is 4.70. The molecule has 0 atom stereocenters. The summed E-state index contributed by atoms with van der Waals surface area (Å²) in [6.45, 7) is 6.25. The van der Waals surface area contributed by atoms with E-state index in [-0.39, 0.29) is 5.41 Å². The number of halogens is 1. The highest BCUT2D eigenvalue weighted by Gasteiger charge is 2.44. The van der Waals surface area contributed by atoms with Crippen LogP contribution in [0.4, 0.5) is 0 Å². The van der Waals surface area contributed by atoms with E-state index in [9.17, 15) is 9.90 Å². The third kappa shape index (κ3) is 2.96. The molecule has 1 N–H and O–H groups in total. The maximum absolute atomic E-state index is 12.1. The third-order valence-corrected chi connectivity index (χ3v) is 4.92. The van der Waals surface area contributed by atoms with E-state index in [1.807, 2.05) is 6.07 Å². The topological polar surface area (TPSA) is 46.5 Å². The van der Waals surface area contributed by atoms with E-state index < -0.39 is 11.4 Å². The summed E-state index contributed by atoms with van der Waals surface area (Å²) in [5.41, 5.74) is 0.650. The molecule has 1 saturated carbocycles. The lowest BCUT2D eigenvalue weighted by atomic mass is 9.68. The minimum absolute atomic E-state index is 0.167. The predicted octanol–water partition coefficient (Wildman–Crippen LogP) is 4.93. The van der Waals surface area contributed by atoms with Crippen molar-refractivity contribution in [1.82, 2.24) is 0 Å². The maximum atomic E-state index is 12.1. The van der Waals surface area contributed by atoms with Gasteiger partial charge in [-0.2, -0.15) is 0 Å². The van der Waals surface area contributed by atoms with Crippen molar-refractivity contribution in [2.24, 2.45) is 0 Å². The monoisotopic (exact) mass is 324 g/mol. The molecule has 1 fully saturated rings. The van der Waals surface area contributed by atoms with E-state index in [4.69, 9.17) is 16.3 Å². The summed E-state index contributed by atoms with van der Waals surface area (Å²) in [6, 6.07) is 3.68. The highest BCUT2D eigenvalue weighted by Crippen LogP contribution is 2.47. The van der Waals surface area contributed by atoms with Crippen LogP contribution in [-0.4, -0.2) is 18.2 Å². The predicted molar refractivity (Wildman–Crippen MR) is 89.1 cm³/mol. The molecule has 1 aliphatic rings. The van der Waals surface area contributed by atoms with Gasteiger partial charge in [0.05, 0.1) is 12.5 Å². The second kappa shape index (κ2) is 6.11. The van der Waals surface area contributed by atoms with Crippen LogP contribution in [0, 0.1) is 0 Å². The lowest BCUT2D eigenvalue weighted by molar-refractivity contribution is -0.145. The van der Waals surface area contributed by atoms with Crippen molar-refractivity contribution in [3.63, 3.8) is 0 Å². The first kappa shape index (κ1) is 17.1. The highest BCUT2D eigenvalue weighted by atomic mass is 35.5. The molecule has 4 heteroatoms. The highest BCUT2D eigenvalue weighted by molar-refractivity contribution is 6.30. The van der Waals surface area contributed by atoms with Crippen LogP contribution in [-0.2, 0) is 15.6 Å². The Morgan fingerprint density at radius 3 is 2.27 bits per heavy atom. The molecule has 3 nitrogen and oxygen atoms in total. The number of hydrogen-bond acceptors (Lipinski definition) is 2. The summed E-state index contributed by atoms with van der Waals surface area (Å²) in [7, 11) is 1.61. The van der Waals surface area contributed by atoms with Gasteiger partial charge in [0.25, 0.3) is 0 Å². The number of hydrogen-bond donors (Lipinski definition) is 1. The number of benzene rings is 1. The zero-order valence-electron chi connectivity index (χ0n) is 13.8. The van der Waals surface area contributed by atoms with E-state index >= 15 is 0 Å². The van der Waals surface area contributed by atoms with Gasteiger partial charge in [-0.05, 0) is 30.4 Å². The Balaban J connectivity index is 2.72. The van der Waals surface area contributed by atoms with Crippen LogP contribution in [0.1, 0.15) is 64.0 Å². The molecule has 122 valence electrons. The summed E-state index contributed by atoms with van der Waals surface area (Å²) in [6.07, 6.45) is 4.22. The lowest BCUT2D eigenvalue weighted by Crippen LogP contribution is -2.38. The van der Waals surface area contributed by atoms with Gasteiger partial charge < -0.3 is 9.84 Å². The quantitative estimate of drug-likeness (QED) is 0.857. The zero-order chi connectivity index (χ0) is 16.5. The van der Waals surface area contributed by atoms with Gasteiger partial charge in [0.2, 0.25) is 0 Å². The van der Waals surface area contributed by atoms with Crippen LogP contribution in [0.15, 0.2) is 12.1 Å². The zero-order valence-corrected chi connectivity index (χ0v) is 14.6. The second-order valence-electron chi connectivity index (χ2n) is 7.23. The van der Waals surface area contributed by atoms with Gasteiger partial charge in [-0.3, -0.25) is 4.79 Å². The average molecular weight is 325 g/mol. The Kier molecular flexibility index (Phi) is 4.76. The fraction of sp³-hybridized carbons (Fsp3) is 0.611. The molecule has 0 unspecified atom stereocenters. The Bertz CT molecular complexity index is 566. The van der Waals surface area contributed by atoms with Gasteiger partial charge in [0.15, 0.2) is 0 Å². The molecular formula is C18H25ClO3. The maximum Gasteiger partial charge on any atom is 0.314 e. The number of rotatable bonds is 3. The van der Waals surface area contributed by atoms with Crippen molar-refractivity contribution in [2.75, 3.05) is 7.11 Å². The minimum atomic E-state index is -0.880. The molecule has 1 aromatic carbocycles. The van der Waals surface area contributed by atoms with Crippen LogP contribution in [0.2, 0.25) is 5.02 Å². The normalized spacial score (nSPS) is 18.0. The SMILES string of the molecule is COc1c(C(C)(C)C)cc(Cl)cc1C1(C(=O)O)CCCCC1. The van der Waals surface area contributed by atoms with Crippen molar-refractivity contribution < 1.29 is 14.6 Å². The van der Waals surface area contributed by atoms with Gasteiger partial charge in [-0.1, -0.05) is 51.6 Å². The molecule has 0 radical (unpaired) electrons.